The predicted octanol–water partition coefficient (Wildman–Crippen LogP) is 10.7. The van der Waals surface area contributed by atoms with Crippen LogP contribution in [-0.2, 0) is 30.9 Å². The Kier molecular flexibility index (Phi) is 13.8. The largest absolute Gasteiger partial charge is 3.00 e. The number of hydrogen-bond acceptors (Lipinski definition) is 4. The number of benzene rings is 2. The molecule has 0 saturated heterocycles. The van der Waals surface area contributed by atoms with Gasteiger partial charge >= 0.3 is 20.1 Å². The molecule has 0 aliphatic rings. The molecule has 4 heterocycles. The molecule has 0 bridgehead atoms. The minimum absolute atomic E-state index is 0. The summed E-state index contributed by atoms with van der Waals surface area (Å²) < 4.78 is 25.2. The molecule has 49 heavy (non-hydrogen) atoms. The maximum atomic E-state index is 12.6. The van der Waals surface area contributed by atoms with Crippen molar-refractivity contribution in [2.45, 2.75) is 66.2 Å². The van der Waals surface area contributed by atoms with Crippen LogP contribution in [0, 0.1) is 37.6 Å². The van der Waals surface area contributed by atoms with Gasteiger partial charge in [-0.2, -0.15) is 0 Å². The standard InChI is InChI=1S/C18H24N2.2C12H9FN.Ir/c1-17(2,3)13-7-9-19-15(11-13)16-12-14(8-10-20-16)18(4,5)6;2*1-9-2-7-12(14-8-9)10-3-5-11(13)6-4-10;/h7-12H,1-6H3;2*2-3,5-8H,1H3;/q;2*-1;+3. The second-order valence-electron chi connectivity index (χ2n) is 13.6. The first-order valence-corrected chi connectivity index (χ1v) is 15.8. The monoisotopic (exact) mass is 833 g/mol. The molecule has 7 heteroatoms. The summed E-state index contributed by atoms with van der Waals surface area (Å²) in [5, 5.41) is 0. The molecule has 0 amide bonds. The van der Waals surface area contributed by atoms with Crippen LogP contribution in [-0.4, -0.2) is 19.9 Å². The molecule has 0 radical (unpaired) electrons. The molecule has 4 nitrogen and oxygen atoms in total. The van der Waals surface area contributed by atoms with Gasteiger partial charge in [-0.25, -0.2) is 0 Å². The number of hydrogen-bond donors (Lipinski definition) is 0. The van der Waals surface area contributed by atoms with Gasteiger partial charge in [-0.15, -0.1) is 59.7 Å². The fourth-order valence-corrected chi connectivity index (χ4v) is 4.46. The average molecular weight is 833 g/mol. The predicted molar refractivity (Wildman–Crippen MR) is 191 cm³/mol. The number of rotatable bonds is 3. The topological polar surface area (TPSA) is 51.6 Å². The molecule has 252 valence electrons. The number of pyridine rings is 4. The van der Waals surface area contributed by atoms with Crippen LogP contribution in [0.3, 0.4) is 0 Å². The van der Waals surface area contributed by atoms with Gasteiger partial charge in [-0.1, -0.05) is 65.8 Å². The van der Waals surface area contributed by atoms with Crippen molar-refractivity contribution in [2.24, 2.45) is 0 Å². The second-order valence-corrected chi connectivity index (χ2v) is 13.6. The van der Waals surface area contributed by atoms with E-state index < -0.39 is 0 Å². The molecule has 6 aromatic rings. The van der Waals surface area contributed by atoms with Crippen molar-refractivity contribution >= 4 is 0 Å². The molecular formula is C42H42F2IrN4+. The van der Waals surface area contributed by atoms with Crippen molar-refractivity contribution in [3.63, 3.8) is 0 Å². The van der Waals surface area contributed by atoms with Gasteiger partial charge < -0.3 is 9.97 Å². The van der Waals surface area contributed by atoms with E-state index >= 15 is 0 Å². The Bertz CT molecular complexity index is 1660. The zero-order valence-corrected chi connectivity index (χ0v) is 31.7. The van der Waals surface area contributed by atoms with Crippen molar-refractivity contribution in [1.29, 1.82) is 0 Å². The van der Waals surface area contributed by atoms with E-state index in [0.717, 1.165) is 45.0 Å². The first kappa shape index (κ1) is 39.0. The SMILES string of the molecule is CC(C)(C)c1ccnc(-c2cc(C(C)(C)C)ccn2)c1.Cc1ccc(-c2[c-]cc(F)cc2)nc1.Cc1ccc(-c2[c-]cc(F)cc2)nc1.[Ir+3]. The molecule has 0 saturated carbocycles. The van der Waals surface area contributed by atoms with Gasteiger partial charge in [0, 0.05) is 36.4 Å². The fraction of sp³-hybridized carbons (Fsp3) is 0.238. The maximum absolute atomic E-state index is 12.6. The van der Waals surface area contributed by atoms with Gasteiger partial charge in [-0.3, -0.25) is 18.7 Å². The minimum Gasteiger partial charge on any atom is -0.304 e. The summed E-state index contributed by atoms with van der Waals surface area (Å²) in [7, 11) is 0. The Morgan fingerprint density at radius 2 is 0.878 bits per heavy atom. The third-order valence-electron chi connectivity index (χ3n) is 7.44. The molecule has 2 aromatic carbocycles. The zero-order chi connectivity index (χ0) is 34.9. The Balaban J connectivity index is 0.000000202. The maximum Gasteiger partial charge on any atom is 3.00 e. The van der Waals surface area contributed by atoms with Crippen LogP contribution in [0.2, 0.25) is 0 Å². The average Bonchev–Trinajstić information content (AvgIpc) is 3.06. The van der Waals surface area contributed by atoms with E-state index in [-0.39, 0.29) is 42.6 Å². The third kappa shape index (κ3) is 11.9. The van der Waals surface area contributed by atoms with Crippen molar-refractivity contribution < 1.29 is 28.9 Å². The van der Waals surface area contributed by atoms with Gasteiger partial charge in [0.15, 0.2) is 0 Å². The quantitative estimate of drug-likeness (QED) is 0.167. The van der Waals surface area contributed by atoms with Gasteiger partial charge in [-0.05, 0) is 82.6 Å². The molecule has 0 fully saturated rings. The van der Waals surface area contributed by atoms with E-state index in [9.17, 15) is 8.78 Å². The molecule has 0 atom stereocenters. The number of aromatic nitrogens is 4. The molecule has 4 aromatic heterocycles. The van der Waals surface area contributed by atoms with E-state index in [0.29, 0.717) is 0 Å². The summed E-state index contributed by atoms with van der Waals surface area (Å²) in [6.45, 7) is 17.2. The van der Waals surface area contributed by atoms with E-state index in [1.165, 1.54) is 35.4 Å². The first-order valence-electron chi connectivity index (χ1n) is 15.8. The summed E-state index contributed by atoms with van der Waals surface area (Å²) in [5.74, 6) is -0.554. The molecular weight excluding hydrogens is 791 g/mol. The molecule has 6 rings (SSSR count). The van der Waals surface area contributed by atoms with Gasteiger partial charge in [0.25, 0.3) is 0 Å². The smallest absolute Gasteiger partial charge is 0.304 e. The number of aryl methyl sites for hydroxylation is 2. The fourth-order valence-electron chi connectivity index (χ4n) is 4.46. The Morgan fingerprint density at radius 1 is 0.490 bits per heavy atom. The summed E-state index contributed by atoms with van der Waals surface area (Å²) >= 11 is 0. The van der Waals surface area contributed by atoms with Crippen LogP contribution >= 0.6 is 0 Å². The van der Waals surface area contributed by atoms with Crippen LogP contribution in [0.4, 0.5) is 8.78 Å². The van der Waals surface area contributed by atoms with E-state index in [1.54, 1.807) is 24.5 Å². The van der Waals surface area contributed by atoms with Crippen molar-refractivity contribution in [2.75, 3.05) is 0 Å². The molecule has 0 spiro atoms. The molecule has 0 aliphatic carbocycles. The number of halogens is 2. The molecule has 0 N–H and O–H groups in total. The third-order valence-corrected chi connectivity index (χ3v) is 7.44. The van der Waals surface area contributed by atoms with Crippen LogP contribution in [0.1, 0.15) is 63.8 Å². The summed E-state index contributed by atoms with van der Waals surface area (Å²) in [5.41, 5.74) is 10.2. The number of nitrogens with zero attached hydrogens (tertiary/aromatic N) is 4. The van der Waals surface area contributed by atoms with Crippen LogP contribution in [0.15, 0.2) is 110 Å². The van der Waals surface area contributed by atoms with E-state index in [1.807, 2.05) is 50.5 Å². The van der Waals surface area contributed by atoms with Crippen LogP contribution in [0.25, 0.3) is 33.9 Å². The van der Waals surface area contributed by atoms with Gasteiger partial charge in [0.1, 0.15) is 0 Å². The van der Waals surface area contributed by atoms with Crippen molar-refractivity contribution in [1.82, 2.24) is 19.9 Å². The Labute approximate surface area is 303 Å². The molecule has 0 unspecified atom stereocenters. The van der Waals surface area contributed by atoms with Crippen molar-refractivity contribution in [3.8, 4) is 33.9 Å². The Hall–Kier alpha value is -4.45. The van der Waals surface area contributed by atoms with E-state index in [2.05, 4.69) is 97.9 Å². The first-order chi connectivity index (χ1) is 22.7. The summed E-state index contributed by atoms with van der Waals surface area (Å²) in [4.78, 5) is 17.4. The molecule has 0 aliphatic heterocycles. The van der Waals surface area contributed by atoms with Crippen LogP contribution in [0.5, 0.6) is 0 Å². The van der Waals surface area contributed by atoms with Crippen molar-refractivity contribution in [3.05, 3.63) is 156 Å². The van der Waals surface area contributed by atoms with E-state index in [4.69, 9.17) is 0 Å². The summed E-state index contributed by atoms with van der Waals surface area (Å²) in [6.07, 6.45) is 7.32. The van der Waals surface area contributed by atoms with Crippen LogP contribution < -0.4 is 0 Å². The van der Waals surface area contributed by atoms with Gasteiger partial charge in [0.2, 0.25) is 0 Å². The van der Waals surface area contributed by atoms with Gasteiger partial charge in [0.05, 0.1) is 11.4 Å². The normalized spacial score (nSPS) is 10.9. The zero-order valence-electron chi connectivity index (χ0n) is 29.3. The summed E-state index contributed by atoms with van der Waals surface area (Å²) in [6, 6.07) is 30.7. The Morgan fingerprint density at radius 3 is 1.16 bits per heavy atom. The minimum atomic E-state index is -0.277. The second kappa shape index (κ2) is 17.3.